The van der Waals surface area contributed by atoms with Crippen molar-refractivity contribution < 1.29 is 14.4 Å². The van der Waals surface area contributed by atoms with Crippen molar-refractivity contribution in [1.82, 2.24) is 30.2 Å². The molecule has 0 radical (unpaired) electrons. The van der Waals surface area contributed by atoms with Crippen LogP contribution in [-0.4, -0.2) is 50.4 Å². The first-order valence-electron chi connectivity index (χ1n) is 10.9. The number of hydrogen-bond acceptors (Lipinski definition) is 5. The van der Waals surface area contributed by atoms with Gasteiger partial charge in [0.15, 0.2) is 5.69 Å². The predicted molar refractivity (Wildman–Crippen MR) is 127 cm³/mol. The number of nitrogens with zero attached hydrogens (tertiary/aromatic N) is 4. The van der Waals surface area contributed by atoms with Crippen LogP contribution >= 0.6 is 0 Å². The van der Waals surface area contributed by atoms with Gasteiger partial charge in [0.1, 0.15) is 6.54 Å². The first kappa shape index (κ1) is 22.7. The average molecular weight is 460 g/mol. The van der Waals surface area contributed by atoms with Crippen molar-refractivity contribution in [2.24, 2.45) is 0 Å². The Hall–Kier alpha value is -4.47. The van der Waals surface area contributed by atoms with E-state index in [9.17, 15) is 14.4 Å². The Morgan fingerprint density at radius 1 is 0.882 bits per heavy atom. The molecule has 3 N–H and O–H groups in total. The van der Waals surface area contributed by atoms with Gasteiger partial charge in [0, 0.05) is 48.7 Å². The summed E-state index contributed by atoms with van der Waals surface area (Å²) in [7, 11) is 0. The molecule has 0 atom stereocenters. The summed E-state index contributed by atoms with van der Waals surface area (Å²) in [6, 6.07) is 15.9. The smallest absolute Gasteiger partial charge is 0.276 e. The second kappa shape index (κ2) is 10.4. The third-order valence-electron chi connectivity index (χ3n) is 5.08. The van der Waals surface area contributed by atoms with Gasteiger partial charge in [0.25, 0.3) is 11.8 Å². The van der Waals surface area contributed by atoms with Gasteiger partial charge < -0.3 is 16.0 Å². The van der Waals surface area contributed by atoms with E-state index in [2.05, 4.69) is 26.1 Å². The molecule has 4 aromatic rings. The Balaban J connectivity index is 1.27. The summed E-state index contributed by atoms with van der Waals surface area (Å²) in [4.78, 5) is 36.6. The highest BCUT2D eigenvalue weighted by Gasteiger charge is 2.11. The van der Waals surface area contributed by atoms with E-state index >= 15 is 0 Å². The van der Waals surface area contributed by atoms with Gasteiger partial charge in [-0.15, -0.1) is 0 Å². The van der Waals surface area contributed by atoms with Crippen molar-refractivity contribution >= 4 is 34.3 Å². The van der Waals surface area contributed by atoms with Crippen LogP contribution in [0.1, 0.15) is 27.8 Å². The standard InChI is InChI=1S/C24H25N7O3/c1-2-30-13-10-21(29-30)24(34)27-19-8-9-20-18(14-19)15-31(28-20)16-22(32)25-11-12-26-23(33)17-6-4-3-5-7-17/h3-10,13-15H,2,11-12,16H2,1H3,(H,25,32)(H,26,33)(H,27,34). The van der Waals surface area contributed by atoms with Crippen LogP contribution in [0.25, 0.3) is 10.9 Å². The normalized spacial score (nSPS) is 10.7. The van der Waals surface area contributed by atoms with Gasteiger partial charge in [-0.3, -0.25) is 23.7 Å². The second-order valence-electron chi connectivity index (χ2n) is 7.58. The summed E-state index contributed by atoms with van der Waals surface area (Å²) < 4.78 is 3.22. The molecule has 0 unspecified atom stereocenters. The lowest BCUT2D eigenvalue weighted by molar-refractivity contribution is -0.121. The van der Waals surface area contributed by atoms with E-state index in [1.54, 1.807) is 65.6 Å². The number of benzene rings is 2. The Morgan fingerprint density at radius 2 is 1.68 bits per heavy atom. The minimum atomic E-state index is -0.294. The first-order chi connectivity index (χ1) is 16.5. The summed E-state index contributed by atoms with van der Waals surface area (Å²) in [6.45, 7) is 3.30. The molecule has 2 aromatic heterocycles. The van der Waals surface area contributed by atoms with E-state index in [-0.39, 0.29) is 24.3 Å². The number of anilines is 1. The number of carbonyl (C=O) groups excluding carboxylic acids is 3. The molecule has 3 amide bonds. The monoisotopic (exact) mass is 459 g/mol. The summed E-state index contributed by atoms with van der Waals surface area (Å²) in [6.07, 6.45) is 3.50. The maximum absolute atomic E-state index is 12.4. The highest BCUT2D eigenvalue weighted by Crippen LogP contribution is 2.18. The van der Waals surface area contributed by atoms with Crippen LogP contribution in [0.3, 0.4) is 0 Å². The van der Waals surface area contributed by atoms with Crippen molar-refractivity contribution in [2.75, 3.05) is 18.4 Å². The van der Waals surface area contributed by atoms with Gasteiger partial charge in [-0.25, -0.2) is 0 Å². The van der Waals surface area contributed by atoms with Crippen molar-refractivity contribution in [3.63, 3.8) is 0 Å². The Morgan fingerprint density at radius 3 is 2.44 bits per heavy atom. The van der Waals surface area contributed by atoms with Crippen molar-refractivity contribution in [3.05, 3.63) is 78.2 Å². The minimum Gasteiger partial charge on any atom is -0.353 e. The topological polar surface area (TPSA) is 123 Å². The third-order valence-corrected chi connectivity index (χ3v) is 5.08. The van der Waals surface area contributed by atoms with E-state index in [1.165, 1.54) is 4.68 Å². The van der Waals surface area contributed by atoms with E-state index in [1.807, 2.05) is 13.0 Å². The molecule has 174 valence electrons. The van der Waals surface area contributed by atoms with Crippen LogP contribution in [-0.2, 0) is 17.9 Å². The summed E-state index contributed by atoms with van der Waals surface area (Å²) in [5.74, 6) is -0.700. The van der Waals surface area contributed by atoms with Gasteiger partial charge in [0.2, 0.25) is 5.91 Å². The number of aryl methyl sites for hydroxylation is 1. The maximum Gasteiger partial charge on any atom is 0.276 e. The lowest BCUT2D eigenvalue weighted by atomic mass is 10.2. The molecule has 34 heavy (non-hydrogen) atoms. The molecule has 0 bridgehead atoms. The van der Waals surface area contributed by atoms with E-state index in [4.69, 9.17) is 0 Å². The van der Waals surface area contributed by atoms with Gasteiger partial charge in [-0.1, -0.05) is 18.2 Å². The van der Waals surface area contributed by atoms with Crippen molar-refractivity contribution in [1.29, 1.82) is 0 Å². The van der Waals surface area contributed by atoms with Crippen LogP contribution < -0.4 is 16.0 Å². The van der Waals surface area contributed by atoms with Crippen molar-refractivity contribution in [2.45, 2.75) is 20.0 Å². The fourth-order valence-electron chi connectivity index (χ4n) is 3.36. The lowest BCUT2D eigenvalue weighted by Crippen LogP contribution is -2.36. The molecule has 0 aliphatic heterocycles. The molecule has 2 heterocycles. The van der Waals surface area contributed by atoms with E-state index in [0.717, 1.165) is 5.39 Å². The number of rotatable bonds is 9. The first-order valence-corrected chi connectivity index (χ1v) is 10.9. The largest absolute Gasteiger partial charge is 0.353 e. The van der Waals surface area contributed by atoms with E-state index < -0.39 is 0 Å². The van der Waals surface area contributed by atoms with Gasteiger partial charge in [-0.05, 0) is 43.3 Å². The van der Waals surface area contributed by atoms with Gasteiger partial charge >= 0.3 is 0 Å². The molecular weight excluding hydrogens is 434 g/mol. The highest BCUT2D eigenvalue weighted by atomic mass is 16.2. The van der Waals surface area contributed by atoms with Crippen LogP contribution in [0.2, 0.25) is 0 Å². The fraction of sp³-hybridized carbons (Fsp3) is 0.208. The molecule has 0 aliphatic carbocycles. The molecule has 0 saturated heterocycles. The fourth-order valence-corrected chi connectivity index (χ4v) is 3.36. The highest BCUT2D eigenvalue weighted by molar-refractivity contribution is 6.03. The quantitative estimate of drug-likeness (QED) is 0.331. The third kappa shape index (κ3) is 5.66. The summed E-state index contributed by atoms with van der Waals surface area (Å²) in [5.41, 5.74) is 2.23. The maximum atomic E-state index is 12.4. The summed E-state index contributed by atoms with van der Waals surface area (Å²) >= 11 is 0. The predicted octanol–water partition coefficient (Wildman–Crippen LogP) is 2.05. The summed E-state index contributed by atoms with van der Waals surface area (Å²) in [5, 5.41) is 17.7. The Labute approximate surface area is 195 Å². The number of fused-ring (bicyclic) bond motifs is 1. The van der Waals surface area contributed by atoms with Crippen LogP contribution in [0.5, 0.6) is 0 Å². The molecule has 10 heteroatoms. The second-order valence-corrected chi connectivity index (χ2v) is 7.58. The minimum absolute atomic E-state index is 0.0391. The number of carbonyl (C=O) groups is 3. The molecular formula is C24H25N7O3. The van der Waals surface area contributed by atoms with Crippen LogP contribution in [0, 0.1) is 0 Å². The molecule has 0 saturated carbocycles. The van der Waals surface area contributed by atoms with Crippen LogP contribution in [0.4, 0.5) is 5.69 Å². The molecule has 2 aromatic carbocycles. The Kier molecular flexibility index (Phi) is 6.97. The molecule has 10 nitrogen and oxygen atoms in total. The lowest BCUT2D eigenvalue weighted by Gasteiger charge is -2.07. The van der Waals surface area contributed by atoms with E-state index in [0.29, 0.717) is 42.1 Å². The number of hydrogen-bond donors (Lipinski definition) is 3. The molecule has 0 spiro atoms. The number of nitrogens with one attached hydrogen (secondary N) is 3. The zero-order valence-electron chi connectivity index (χ0n) is 18.7. The molecule has 4 rings (SSSR count). The van der Waals surface area contributed by atoms with Gasteiger partial charge in [0.05, 0.1) is 5.52 Å². The number of amides is 3. The SMILES string of the molecule is CCn1ccc(C(=O)Nc2ccc3nn(CC(=O)NCCNC(=O)c4ccccc4)cc3c2)n1. The van der Waals surface area contributed by atoms with Gasteiger partial charge in [-0.2, -0.15) is 10.2 Å². The number of aromatic nitrogens is 4. The Bertz CT molecular complexity index is 1310. The molecule has 0 fully saturated rings. The zero-order valence-corrected chi connectivity index (χ0v) is 18.7. The average Bonchev–Trinajstić information content (AvgIpc) is 3.48. The van der Waals surface area contributed by atoms with Crippen molar-refractivity contribution in [3.8, 4) is 0 Å². The molecule has 0 aliphatic rings. The zero-order chi connectivity index (χ0) is 23.9. The van der Waals surface area contributed by atoms with Crippen LogP contribution in [0.15, 0.2) is 67.0 Å².